The van der Waals surface area contributed by atoms with Crippen molar-refractivity contribution in [1.82, 2.24) is 0 Å². The van der Waals surface area contributed by atoms with Gasteiger partial charge < -0.3 is 10.1 Å². The topological polar surface area (TPSA) is 62.1 Å². The summed E-state index contributed by atoms with van der Waals surface area (Å²) in [5.74, 6) is -0.603. The second kappa shape index (κ2) is 9.93. The van der Waals surface area contributed by atoms with E-state index in [2.05, 4.69) is 5.32 Å². The predicted octanol–water partition coefficient (Wildman–Crippen LogP) is 6.26. The number of nitrogens with one attached hydrogen (secondary N) is 1. The van der Waals surface area contributed by atoms with Crippen molar-refractivity contribution < 1.29 is 13.9 Å². The number of carbonyl (C=O) groups excluding carboxylic acids is 1. The number of hydrogen-bond acceptors (Lipinski definition) is 3. The Kier molecular flexibility index (Phi) is 7.08. The van der Waals surface area contributed by atoms with Crippen LogP contribution in [0, 0.1) is 17.1 Å². The number of amides is 1. The molecule has 0 atom stereocenters. The van der Waals surface area contributed by atoms with Gasteiger partial charge in [0.1, 0.15) is 29.8 Å². The summed E-state index contributed by atoms with van der Waals surface area (Å²) in [6, 6.07) is 19.7. The minimum atomic E-state index is -0.596. The van der Waals surface area contributed by atoms with Crippen LogP contribution in [0.15, 0.2) is 72.3 Å². The zero-order valence-corrected chi connectivity index (χ0v) is 17.0. The lowest BCUT2D eigenvalue weighted by Crippen LogP contribution is -2.13. The molecule has 3 aromatic carbocycles. The average molecular weight is 441 g/mol. The number of rotatable bonds is 6. The molecular weight excluding hydrogens is 426 g/mol. The Morgan fingerprint density at radius 3 is 2.50 bits per heavy atom. The number of carbonyl (C=O) groups is 1. The van der Waals surface area contributed by atoms with Gasteiger partial charge in [0.15, 0.2) is 0 Å². The van der Waals surface area contributed by atoms with Crippen LogP contribution in [0.25, 0.3) is 6.08 Å². The number of halogens is 3. The maximum atomic E-state index is 13.7. The third-order valence-electron chi connectivity index (χ3n) is 4.10. The molecule has 0 fully saturated rings. The van der Waals surface area contributed by atoms with Gasteiger partial charge in [-0.15, -0.1) is 0 Å². The highest BCUT2D eigenvalue weighted by Gasteiger charge is 2.12. The zero-order chi connectivity index (χ0) is 21.5. The molecule has 0 saturated carbocycles. The largest absolute Gasteiger partial charge is 0.487 e. The molecule has 150 valence electrons. The van der Waals surface area contributed by atoms with E-state index in [0.29, 0.717) is 27.6 Å². The van der Waals surface area contributed by atoms with Crippen LogP contribution in [-0.2, 0) is 11.4 Å². The van der Waals surface area contributed by atoms with Crippen LogP contribution in [0.3, 0.4) is 0 Å². The lowest BCUT2D eigenvalue weighted by molar-refractivity contribution is -0.112. The highest BCUT2D eigenvalue weighted by Crippen LogP contribution is 2.28. The summed E-state index contributed by atoms with van der Waals surface area (Å²) in [6.45, 7) is 0.0191. The van der Waals surface area contributed by atoms with Crippen molar-refractivity contribution in [3.63, 3.8) is 0 Å². The first-order valence-electron chi connectivity index (χ1n) is 8.81. The summed E-state index contributed by atoms with van der Waals surface area (Å²) in [5.41, 5.74) is 1.22. The zero-order valence-electron chi connectivity index (χ0n) is 15.5. The minimum Gasteiger partial charge on any atom is -0.487 e. The lowest BCUT2D eigenvalue weighted by atomic mass is 10.1. The van der Waals surface area contributed by atoms with E-state index in [9.17, 15) is 14.4 Å². The fourth-order valence-electron chi connectivity index (χ4n) is 2.56. The third-order valence-corrected chi connectivity index (χ3v) is 4.72. The predicted molar refractivity (Wildman–Crippen MR) is 116 cm³/mol. The summed E-state index contributed by atoms with van der Waals surface area (Å²) in [6.07, 6.45) is 1.40. The molecule has 0 heterocycles. The molecule has 7 heteroatoms. The Balaban J connectivity index is 1.73. The van der Waals surface area contributed by atoms with Crippen molar-refractivity contribution in [2.75, 3.05) is 5.32 Å². The van der Waals surface area contributed by atoms with E-state index in [1.165, 1.54) is 12.1 Å². The standard InChI is InChI=1S/C23H15Cl2FN2O2/c24-18-6-2-4-8-21(18)28-23(29)17(13-27)11-15-9-10-22(19(25)12-15)30-14-16-5-1-3-7-20(16)26/h1-12H,14H2,(H,28,29)/b17-11+. The van der Waals surface area contributed by atoms with E-state index in [4.69, 9.17) is 27.9 Å². The first-order valence-corrected chi connectivity index (χ1v) is 9.57. The van der Waals surface area contributed by atoms with Crippen molar-refractivity contribution >= 4 is 40.9 Å². The van der Waals surface area contributed by atoms with Gasteiger partial charge in [-0.2, -0.15) is 5.26 Å². The monoisotopic (exact) mass is 440 g/mol. The van der Waals surface area contributed by atoms with Gasteiger partial charge in [0, 0.05) is 5.56 Å². The molecule has 0 aliphatic carbocycles. The minimum absolute atomic E-state index is 0.0191. The molecule has 3 rings (SSSR count). The normalized spacial score (nSPS) is 10.9. The third kappa shape index (κ3) is 5.38. The van der Waals surface area contributed by atoms with Gasteiger partial charge in [-0.3, -0.25) is 4.79 Å². The van der Waals surface area contributed by atoms with Crippen LogP contribution in [-0.4, -0.2) is 5.91 Å². The summed E-state index contributed by atoms with van der Waals surface area (Å²) >= 11 is 12.3. The molecule has 0 bridgehead atoms. The Hall–Kier alpha value is -3.33. The van der Waals surface area contributed by atoms with E-state index < -0.39 is 5.91 Å². The number of benzene rings is 3. The fourth-order valence-corrected chi connectivity index (χ4v) is 2.99. The maximum Gasteiger partial charge on any atom is 0.266 e. The van der Waals surface area contributed by atoms with Crippen LogP contribution >= 0.6 is 23.2 Å². The van der Waals surface area contributed by atoms with Gasteiger partial charge >= 0.3 is 0 Å². The number of para-hydroxylation sites is 1. The van der Waals surface area contributed by atoms with Gasteiger partial charge in [0.05, 0.1) is 15.7 Å². The molecular formula is C23H15Cl2FN2O2. The van der Waals surface area contributed by atoms with Gasteiger partial charge in [-0.1, -0.05) is 59.6 Å². The van der Waals surface area contributed by atoms with Crippen LogP contribution in [0.2, 0.25) is 10.0 Å². The van der Waals surface area contributed by atoms with Gasteiger partial charge in [0.2, 0.25) is 0 Å². The number of anilines is 1. The Labute approximate surface area is 183 Å². The number of nitrogens with zero attached hydrogens (tertiary/aromatic N) is 1. The molecule has 0 aromatic heterocycles. The van der Waals surface area contributed by atoms with Gasteiger partial charge in [-0.25, -0.2) is 4.39 Å². The van der Waals surface area contributed by atoms with Crippen molar-refractivity contribution in [2.24, 2.45) is 0 Å². The van der Waals surface area contributed by atoms with Crippen molar-refractivity contribution in [3.05, 3.63) is 99.3 Å². The fraction of sp³-hybridized carbons (Fsp3) is 0.0435. The van der Waals surface area contributed by atoms with Crippen molar-refractivity contribution in [2.45, 2.75) is 6.61 Å². The molecule has 0 aliphatic rings. The Morgan fingerprint density at radius 1 is 1.07 bits per heavy atom. The van der Waals surface area contributed by atoms with Crippen LogP contribution in [0.5, 0.6) is 5.75 Å². The second-order valence-electron chi connectivity index (χ2n) is 6.17. The Bertz CT molecular complexity index is 1160. The molecule has 0 aliphatic heterocycles. The molecule has 4 nitrogen and oxygen atoms in total. The van der Waals surface area contributed by atoms with E-state index in [1.807, 2.05) is 6.07 Å². The van der Waals surface area contributed by atoms with E-state index in [-0.39, 0.29) is 23.0 Å². The van der Waals surface area contributed by atoms with Crippen molar-refractivity contribution in [1.29, 1.82) is 5.26 Å². The number of ether oxygens (including phenoxy) is 1. The molecule has 0 radical (unpaired) electrons. The Morgan fingerprint density at radius 2 is 1.80 bits per heavy atom. The quantitative estimate of drug-likeness (QED) is 0.363. The van der Waals surface area contributed by atoms with Crippen LogP contribution in [0.4, 0.5) is 10.1 Å². The highest BCUT2D eigenvalue weighted by atomic mass is 35.5. The molecule has 0 saturated heterocycles. The molecule has 1 amide bonds. The lowest BCUT2D eigenvalue weighted by Gasteiger charge is -2.10. The van der Waals surface area contributed by atoms with E-state index >= 15 is 0 Å². The molecule has 3 aromatic rings. The molecule has 1 N–H and O–H groups in total. The van der Waals surface area contributed by atoms with Gasteiger partial charge in [-0.05, 0) is 42.0 Å². The van der Waals surface area contributed by atoms with E-state index in [0.717, 1.165) is 0 Å². The smallest absolute Gasteiger partial charge is 0.266 e. The first kappa shape index (κ1) is 21.4. The SMILES string of the molecule is N#C/C(=C\c1ccc(OCc2ccccc2F)c(Cl)c1)C(=O)Nc1ccccc1Cl. The highest BCUT2D eigenvalue weighted by molar-refractivity contribution is 6.34. The summed E-state index contributed by atoms with van der Waals surface area (Å²) in [4.78, 5) is 12.4. The summed E-state index contributed by atoms with van der Waals surface area (Å²) in [7, 11) is 0. The van der Waals surface area contributed by atoms with Crippen LogP contribution < -0.4 is 10.1 Å². The van der Waals surface area contributed by atoms with Gasteiger partial charge in [0.25, 0.3) is 5.91 Å². The summed E-state index contributed by atoms with van der Waals surface area (Å²) < 4.78 is 19.3. The van der Waals surface area contributed by atoms with E-state index in [1.54, 1.807) is 60.7 Å². The molecule has 0 spiro atoms. The first-order chi connectivity index (χ1) is 14.5. The summed E-state index contributed by atoms with van der Waals surface area (Å²) in [5, 5.41) is 12.6. The van der Waals surface area contributed by atoms with Crippen molar-refractivity contribution in [3.8, 4) is 11.8 Å². The number of nitriles is 1. The maximum absolute atomic E-state index is 13.7. The molecule has 0 unspecified atom stereocenters. The number of hydrogen-bond donors (Lipinski definition) is 1. The molecule has 30 heavy (non-hydrogen) atoms. The average Bonchev–Trinajstić information content (AvgIpc) is 2.74. The second-order valence-corrected chi connectivity index (χ2v) is 6.99. The van der Waals surface area contributed by atoms with Crippen LogP contribution in [0.1, 0.15) is 11.1 Å².